The molecule has 1 fully saturated rings. The van der Waals surface area contributed by atoms with Gasteiger partial charge in [0.1, 0.15) is 6.61 Å². The van der Waals surface area contributed by atoms with Crippen LogP contribution in [0.2, 0.25) is 0 Å². The van der Waals surface area contributed by atoms with E-state index in [1.807, 2.05) is 6.08 Å². The average molecular weight is 610 g/mol. The van der Waals surface area contributed by atoms with E-state index in [1.54, 1.807) is 18.3 Å². The smallest absolute Gasteiger partial charge is 0.416 e. The molecule has 2 heterocycles. The van der Waals surface area contributed by atoms with E-state index < -0.39 is 45.7 Å². The minimum absolute atomic E-state index is 0.0743. The van der Waals surface area contributed by atoms with Crippen molar-refractivity contribution in [2.45, 2.75) is 24.5 Å². The van der Waals surface area contributed by atoms with Gasteiger partial charge < -0.3 is 9.47 Å². The first-order valence-corrected chi connectivity index (χ1v) is 14.6. The normalized spacial score (nSPS) is 20.3. The molecule has 15 heteroatoms. The first kappa shape index (κ1) is 30.2. The molecular weight excluding hydrogens is 584 g/mol. The van der Waals surface area contributed by atoms with Crippen molar-refractivity contribution in [3.8, 4) is 11.5 Å². The SMILES string of the molecule is COc1cc(C=C2C=NC(N3CCN(S(C)(=O)=O)CC3)S2)ccc1OCc1ccc(C(F)(F)F)cc1C(F)(F)F. The van der Waals surface area contributed by atoms with Crippen LogP contribution in [0.3, 0.4) is 0 Å². The zero-order chi connectivity index (χ0) is 29.3. The van der Waals surface area contributed by atoms with Crippen molar-refractivity contribution in [1.29, 1.82) is 0 Å². The van der Waals surface area contributed by atoms with E-state index in [1.165, 1.54) is 35.5 Å². The van der Waals surface area contributed by atoms with Crippen LogP contribution in [0.15, 0.2) is 46.3 Å². The van der Waals surface area contributed by atoms with Crippen LogP contribution in [-0.2, 0) is 29.0 Å². The number of piperazine rings is 1. The molecular formula is C25H25F6N3O4S2. The Morgan fingerprint density at radius 1 is 1.00 bits per heavy atom. The van der Waals surface area contributed by atoms with E-state index >= 15 is 0 Å². The van der Waals surface area contributed by atoms with E-state index in [0.717, 1.165) is 11.0 Å². The molecule has 40 heavy (non-hydrogen) atoms. The minimum Gasteiger partial charge on any atom is -0.493 e. The van der Waals surface area contributed by atoms with Gasteiger partial charge in [0, 0.05) is 42.9 Å². The first-order valence-electron chi connectivity index (χ1n) is 11.8. The lowest BCUT2D eigenvalue weighted by Crippen LogP contribution is -2.50. The Morgan fingerprint density at radius 3 is 2.30 bits per heavy atom. The third-order valence-electron chi connectivity index (χ3n) is 6.25. The number of methoxy groups -OCH3 is 1. The first-order chi connectivity index (χ1) is 18.6. The molecule has 0 radical (unpaired) electrons. The number of alkyl halides is 6. The third-order valence-corrected chi connectivity index (χ3v) is 8.68. The fraction of sp³-hybridized carbons (Fsp3) is 0.400. The summed E-state index contributed by atoms with van der Waals surface area (Å²) in [5.74, 6) is 0.343. The van der Waals surface area contributed by atoms with Crippen molar-refractivity contribution in [2.24, 2.45) is 4.99 Å². The predicted molar refractivity (Wildman–Crippen MR) is 140 cm³/mol. The van der Waals surface area contributed by atoms with Crippen molar-refractivity contribution < 1.29 is 44.2 Å². The van der Waals surface area contributed by atoms with Gasteiger partial charge in [0.05, 0.1) is 24.5 Å². The third kappa shape index (κ3) is 7.30. The summed E-state index contributed by atoms with van der Waals surface area (Å²) in [6, 6.07) is 6.19. The van der Waals surface area contributed by atoms with Crippen LogP contribution in [0.5, 0.6) is 11.5 Å². The van der Waals surface area contributed by atoms with E-state index in [2.05, 4.69) is 9.89 Å². The number of sulfonamides is 1. The van der Waals surface area contributed by atoms with Gasteiger partial charge in [0.25, 0.3) is 0 Å². The molecule has 0 bridgehead atoms. The molecule has 1 atom stereocenters. The fourth-order valence-electron chi connectivity index (χ4n) is 4.17. The molecule has 1 saturated heterocycles. The zero-order valence-electron chi connectivity index (χ0n) is 21.3. The van der Waals surface area contributed by atoms with Crippen molar-refractivity contribution in [1.82, 2.24) is 9.21 Å². The Morgan fingerprint density at radius 2 is 1.70 bits per heavy atom. The largest absolute Gasteiger partial charge is 0.493 e. The second-order valence-electron chi connectivity index (χ2n) is 9.03. The Balaban J connectivity index is 1.43. The van der Waals surface area contributed by atoms with Gasteiger partial charge >= 0.3 is 12.4 Å². The van der Waals surface area contributed by atoms with Crippen LogP contribution in [-0.4, -0.2) is 68.9 Å². The van der Waals surface area contributed by atoms with E-state index in [0.29, 0.717) is 37.8 Å². The maximum Gasteiger partial charge on any atom is 0.416 e. The van der Waals surface area contributed by atoms with Crippen LogP contribution in [0.25, 0.3) is 6.08 Å². The summed E-state index contributed by atoms with van der Waals surface area (Å²) in [6.45, 7) is 1.25. The number of halogens is 6. The number of rotatable bonds is 7. The Hall–Kier alpha value is -2.75. The van der Waals surface area contributed by atoms with Gasteiger partial charge in [-0.2, -0.15) is 30.6 Å². The van der Waals surface area contributed by atoms with Crippen molar-refractivity contribution in [3.63, 3.8) is 0 Å². The van der Waals surface area contributed by atoms with Crippen LogP contribution in [0, 0.1) is 0 Å². The van der Waals surface area contributed by atoms with Gasteiger partial charge in [-0.3, -0.25) is 9.89 Å². The fourth-order valence-corrected chi connectivity index (χ4v) is 6.05. The van der Waals surface area contributed by atoms with Crippen molar-refractivity contribution in [3.05, 3.63) is 63.6 Å². The van der Waals surface area contributed by atoms with Crippen LogP contribution < -0.4 is 9.47 Å². The van der Waals surface area contributed by atoms with Gasteiger partial charge in [-0.05, 0) is 35.9 Å². The van der Waals surface area contributed by atoms with Crippen molar-refractivity contribution in [2.75, 3.05) is 39.5 Å². The lowest BCUT2D eigenvalue weighted by atomic mass is 10.0. The molecule has 2 aliphatic rings. The van der Waals surface area contributed by atoms with E-state index in [9.17, 15) is 34.8 Å². The molecule has 2 aliphatic heterocycles. The molecule has 218 valence electrons. The topological polar surface area (TPSA) is 71.4 Å². The van der Waals surface area contributed by atoms with Crippen LogP contribution in [0.1, 0.15) is 22.3 Å². The van der Waals surface area contributed by atoms with Gasteiger partial charge in [-0.25, -0.2) is 8.42 Å². The summed E-state index contributed by atoms with van der Waals surface area (Å²) in [6.07, 6.45) is -5.18. The molecule has 0 saturated carbocycles. The average Bonchev–Trinajstić information content (AvgIpc) is 3.34. The lowest BCUT2D eigenvalue weighted by molar-refractivity contribution is -0.143. The van der Waals surface area contributed by atoms with Crippen LogP contribution >= 0.6 is 11.8 Å². The number of aliphatic imine (C=N–C) groups is 1. The number of allylic oxidation sites excluding steroid dienone is 1. The zero-order valence-corrected chi connectivity index (χ0v) is 22.9. The van der Waals surface area contributed by atoms with Gasteiger partial charge in [-0.1, -0.05) is 23.9 Å². The summed E-state index contributed by atoms with van der Waals surface area (Å²) >= 11 is 1.49. The molecule has 0 aromatic heterocycles. The molecule has 2 aromatic rings. The van der Waals surface area contributed by atoms with Gasteiger partial charge in [0.15, 0.2) is 17.0 Å². The monoisotopic (exact) mass is 609 g/mol. The summed E-state index contributed by atoms with van der Waals surface area (Å²) in [5.41, 5.74) is -2.76. The molecule has 2 aromatic carbocycles. The second-order valence-corrected chi connectivity index (χ2v) is 12.1. The summed E-state index contributed by atoms with van der Waals surface area (Å²) < 4.78 is 115. The summed E-state index contributed by atoms with van der Waals surface area (Å²) in [5, 5.41) is 0. The molecule has 0 spiro atoms. The Bertz CT molecular complexity index is 1400. The molecule has 7 nitrogen and oxygen atoms in total. The molecule has 1 unspecified atom stereocenters. The summed E-state index contributed by atoms with van der Waals surface area (Å²) in [4.78, 5) is 7.43. The molecule has 4 rings (SSSR count). The molecule has 0 N–H and O–H groups in total. The standard InChI is InChI=1S/C25H25F6N3O4S2/c1-37-22-12-16(11-19-14-32-23(39-19)33-7-9-34(10-8-33)40(2,35)36)3-6-21(22)38-15-17-4-5-18(24(26,27)28)13-20(17)25(29,30)31/h3-6,11-14,23H,7-10,15H2,1-2H3. The number of hydrogen-bond donors (Lipinski definition) is 0. The Labute approximate surface area is 231 Å². The molecule has 0 amide bonds. The van der Waals surface area contributed by atoms with Gasteiger partial charge in [-0.15, -0.1) is 0 Å². The number of hydrogen-bond acceptors (Lipinski definition) is 7. The van der Waals surface area contributed by atoms with Crippen LogP contribution in [0.4, 0.5) is 26.3 Å². The second kappa shape index (κ2) is 11.6. The highest BCUT2D eigenvalue weighted by Crippen LogP contribution is 2.39. The quantitative estimate of drug-likeness (QED) is 0.396. The lowest BCUT2D eigenvalue weighted by Gasteiger charge is -2.35. The van der Waals surface area contributed by atoms with E-state index in [-0.39, 0.29) is 23.1 Å². The predicted octanol–water partition coefficient (Wildman–Crippen LogP) is 5.33. The van der Waals surface area contributed by atoms with Gasteiger partial charge in [0.2, 0.25) is 10.0 Å². The number of thioether (sulfide) groups is 1. The minimum atomic E-state index is -5.00. The maximum atomic E-state index is 13.4. The highest BCUT2D eigenvalue weighted by Gasteiger charge is 2.38. The maximum absolute atomic E-state index is 13.4. The summed E-state index contributed by atoms with van der Waals surface area (Å²) in [7, 11) is -1.88. The van der Waals surface area contributed by atoms with E-state index in [4.69, 9.17) is 9.47 Å². The Kier molecular flexibility index (Phi) is 8.78. The highest BCUT2D eigenvalue weighted by molar-refractivity contribution is 8.04. The number of ether oxygens (including phenoxy) is 2. The van der Waals surface area contributed by atoms with Crippen molar-refractivity contribution >= 4 is 34.1 Å². The number of nitrogens with zero attached hydrogens (tertiary/aromatic N) is 3. The highest BCUT2D eigenvalue weighted by atomic mass is 32.2. The molecule has 0 aliphatic carbocycles. The number of benzene rings is 2.